The number of halogens is 2. The normalized spacial score (nSPS) is 12.3. The van der Waals surface area contributed by atoms with Gasteiger partial charge in [-0.05, 0) is 32.0 Å². The summed E-state index contributed by atoms with van der Waals surface area (Å²) in [4.78, 5) is 13.0. The molecule has 0 radical (unpaired) electrons. The van der Waals surface area contributed by atoms with Gasteiger partial charge in [0.2, 0.25) is 5.91 Å². The number of likely N-dealkylation sites (N-methyl/N-ethyl adjacent to an activating group) is 1. The van der Waals surface area contributed by atoms with E-state index < -0.39 is 17.7 Å². The van der Waals surface area contributed by atoms with Gasteiger partial charge < -0.3 is 9.64 Å². The molecule has 5 heteroatoms. The number of carbonyl (C=O) groups is 1. The summed E-state index contributed by atoms with van der Waals surface area (Å²) < 4.78 is 31.6. The molecule has 1 amide bonds. The number of hydrogen-bond donors (Lipinski definition) is 0. The minimum atomic E-state index is -0.548. The summed E-state index contributed by atoms with van der Waals surface area (Å²) in [5.41, 5.74) is 0.155. The number of nitrogens with zero attached hydrogens (tertiary/aromatic N) is 1. The second-order valence-corrected chi connectivity index (χ2v) is 3.98. The van der Waals surface area contributed by atoms with Gasteiger partial charge in [-0.3, -0.25) is 4.79 Å². The second-order valence-electron chi connectivity index (χ2n) is 3.98. The molecule has 3 nitrogen and oxygen atoms in total. The fourth-order valence-electron chi connectivity index (χ4n) is 1.55. The minimum absolute atomic E-state index is 0.0612. The molecular formula is C13H17F2NO2. The summed E-state index contributed by atoms with van der Waals surface area (Å²) in [5.74, 6) is -1.32. The Morgan fingerprint density at radius 1 is 1.44 bits per heavy atom. The molecule has 0 spiro atoms. The molecule has 0 saturated heterocycles. The summed E-state index contributed by atoms with van der Waals surface area (Å²) in [5, 5.41) is 0. The van der Waals surface area contributed by atoms with E-state index in [4.69, 9.17) is 4.74 Å². The first kappa shape index (κ1) is 14.6. The first-order valence-electron chi connectivity index (χ1n) is 5.75. The Morgan fingerprint density at radius 3 is 2.72 bits per heavy atom. The zero-order valence-corrected chi connectivity index (χ0v) is 10.7. The van der Waals surface area contributed by atoms with Gasteiger partial charge in [0.15, 0.2) is 0 Å². The molecular weight excluding hydrogens is 240 g/mol. The van der Waals surface area contributed by atoms with Crippen LogP contribution in [-0.4, -0.2) is 31.1 Å². The van der Waals surface area contributed by atoms with Gasteiger partial charge in [-0.2, -0.15) is 0 Å². The van der Waals surface area contributed by atoms with Crippen molar-refractivity contribution in [3.8, 4) is 0 Å². The van der Waals surface area contributed by atoms with Gasteiger partial charge in [-0.25, -0.2) is 8.78 Å². The summed E-state index contributed by atoms with van der Waals surface area (Å²) in [6, 6.07) is 2.66. The van der Waals surface area contributed by atoms with Crippen molar-refractivity contribution < 1.29 is 18.3 Å². The largest absolute Gasteiger partial charge is 0.372 e. The predicted molar refractivity (Wildman–Crippen MR) is 64.0 cm³/mol. The van der Waals surface area contributed by atoms with Crippen LogP contribution in [0.25, 0.3) is 0 Å². The molecule has 100 valence electrons. The van der Waals surface area contributed by atoms with E-state index in [2.05, 4.69) is 0 Å². The van der Waals surface area contributed by atoms with Crippen molar-refractivity contribution in [3.63, 3.8) is 0 Å². The molecule has 1 aromatic rings. The maximum atomic E-state index is 13.6. The lowest BCUT2D eigenvalue weighted by Crippen LogP contribution is -2.33. The van der Waals surface area contributed by atoms with Crippen molar-refractivity contribution in [1.82, 2.24) is 4.90 Å². The molecule has 18 heavy (non-hydrogen) atoms. The average molecular weight is 257 g/mol. The van der Waals surface area contributed by atoms with Crippen LogP contribution >= 0.6 is 0 Å². The van der Waals surface area contributed by atoms with Crippen LogP contribution in [0.4, 0.5) is 8.78 Å². The van der Waals surface area contributed by atoms with Crippen LogP contribution in [0.2, 0.25) is 0 Å². The molecule has 0 bridgehead atoms. The van der Waals surface area contributed by atoms with E-state index in [-0.39, 0.29) is 18.1 Å². The molecule has 0 heterocycles. The summed E-state index contributed by atoms with van der Waals surface area (Å²) in [7, 11) is 1.54. The molecule has 1 atom stereocenters. The second kappa shape index (κ2) is 6.44. The first-order chi connectivity index (χ1) is 8.47. The maximum absolute atomic E-state index is 13.6. The Kier molecular flexibility index (Phi) is 5.22. The van der Waals surface area contributed by atoms with Crippen LogP contribution in [0.5, 0.6) is 0 Å². The van der Waals surface area contributed by atoms with E-state index in [0.29, 0.717) is 6.61 Å². The lowest BCUT2D eigenvalue weighted by atomic mass is 10.1. The van der Waals surface area contributed by atoms with Crippen LogP contribution in [0.3, 0.4) is 0 Å². The highest BCUT2D eigenvalue weighted by molar-refractivity contribution is 5.77. The monoisotopic (exact) mass is 257 g/mol. The van der Waals surface area contributed by atoms with Gasteiger partial charge in [0, 0.05) is 19.2 Å². The van der Waals surface area contributed by atoms with E-state index >= 15 is 0 Å². The van der Waals surface area contributed by atoms with Gasteiger partial charge in [0.25, 0.3) is 0 Å². The number of rotatable bonds is 5. The molecule has 1 unspecified atom stereocenters. The lowest BCUT2D eigenvalue weighted by molar-refractivity contribution is -0.136. The molecule has 0 aliphatic heterocycles. The maximum Gasteiger partial charge on any atom is 0.248 e. The smallest absolute Gasteiger partial charge is 0.248 e. The third-order valence-electron chi connectivity index (χ3n) is 2.81. The Bertz CT molecular complexity index is 423. The van der Waals surface area contributed by atoms with Gasteiger partial charge >= 0.3 is 0 Å². The number of amides is 1. The lowest BCUT2D eigenvalue weighted by Gasteiger charge is -2.25. The highest BCUT2D eigenvalue weighted by atomic mass is 19.1. The highest BCUT2D eigenvalue weighted by Gasteiger charge is 2.20. The van der Waals surface area contributed by atoms with Gasteiger partial charge in [-0.1, -0.05) is 0 Å². The van der Waals surface area contributed by atoms with Gasteiger partial charge in [0.05, 0.1) is 6.04 Å². The Morgan fingerprint density at radius 2 is 2.11 bits per heavy atom. The van der Waals surface area contributed by atoms with Crippen molar-refractivity contribution in [2.45, 2.75) is 19.9 Å². The Balaban J connectivity index is 2.82. The van der Waals surface area contributed by atoms with Crippen LogP contribution in [0.15, 0.2) is 18.2 Å². The van der Waals surface area contributed by atoms with Gasteiger partial charge in [-0.15, -0.1) is 0 Å². The van der Waals surface area contributed by atoms with Crippen molar-refractivity contribution in [2.75, 3.05) is 20.3 Å². The molecule has 1 rings (SSSR count). The summed E-state index contributed by atoms with van der Waals surface area (Å²) in [6.07, 6.45) is 0. The first-order valence-corrected chi connectivity index (χ1v) is 5.75. The summed E-state index contributed by atoms with van der Waals surface area (Å²) >= 11 is 0. The van der Waals surface area contributed by atoms with Crippen molar-refractivity contribution in [3.05, 3.63) is 35.4 Å². The third-order valence-corrected chi connectivity index (χ3v) is 2.81. The molecule has 1 aromatic carbocycles. The van der Waals surface area contributed by atoms with Crippen LogP contribution in [0, 0.1) is 11.6 Å². The quantitative estimate of drug-likeness (QED) is 0.811. The van der Waals surface area contributed by atoms with E-state index in [9.17, 15) is 13.6 Å². The average Bonchev–Trinajstić information content (AvgIpc) is 2.37. The van der Waals surface area contributed by atoms with E-state index in [1.807, 2.05) is 0 Å². The summed E-state index contributed by atoms with van der Waals surface area (Å²) in [6.45, 7) is 3.79. The van der Waals surface area contributed by atoms with Crippen LogP contribution in [-0.2, 0) is 9.53 Å². The minimum Gasteiger partial charge on any atom is -0.372 e. The van der Waals surface area contributed by atoms with E-state index in [0.717, 1.165) is 18.2 Å². The third kappa shape index (κ3) is 3.50. The number of ether oxygens (including phenoxy) is 1. The SMILES string of the molecule is CCOCC(=O)N(C)C(C)c1cc(F)ccc1F. The van der Waals surface area contributed by atoms with Crippen molar-refractivity contribution in [2.24, 2.45) is 0 Å². The van der Waals surface area contributed by atoms with Gasteiger partial charge in [0.1, 0.15) is 18.2 Å². The molecule has 0 saturated carbocycles. The molecule has 0 aromatic heterocycles. The zero-order valence-electron chi connectivity index (χ0n) is 10.7. The molecule has 0 aliphatic rings. The Labute approximate surface area is 105 Å². The van der Waals surface area contributed by atoms with Crippen molar-refractivity contribution >= 4 is 5.91 Å². The standard InChI is InChI=1S/C13H17F2NO2/c1-4-18-8-13(17)16(3)9(2)11-7-10(14)5-6-12(11)15/h5-7,9H,4,8H2,1-3H3. The highest BCUT2D eigenvalue weighted by Crippen LogP contribution is 2.22. The molecule has 0 fully saturated rings. The number of carbonyl (C=O) groups excluding carboxylic acids is 1. The van der Waals surface area contributed by atoms with Crippen molar-refractivity contribution in [1.29, 1.82) is 0 Å². The molecule has 0 N–H and O–H groups in total. The van der Waals surface area contributed by atoms with E-state index in [1.54, 1.807) is 13.8 Å². The molecule has 0 aliphatic carbocycles. The Hall–Kier alpha value is -1.49. The van der Waals surface area contributed by atoms with E-state index in [1.165, 1.54) is 11.9 Å². The fraction of sp³-hybridized carbons (Fsp3) is 0.462. The zero-order chi connectivity index (χ0) is 13.7. The number of benzene rings is 1. The number of hydrogen-bond acceptors (Lipinski definition) is 2. The van der Waals surface area contributed by atoms with Crippen LogP contribution < -0.4 is 0 Å². The van der Waals surface area contributed by atoms with Crippen LogP contribution in [0.1, 0.15) is 25.5 Å². The predicted octanol–water partition coefficient (Wildman–Crippen LogP) is 2.52. The fourth-order valence-corrected chi connectivity index (χ4v) is 1.55. The topological polar surface area (TPSA) is 29.5 Å².